The predicted octanol–water partition coefficient (Wildman–Crippen LogP) is 2.91. The summed E-state index contributed by atoms with van der Waals surface area (Å²) in [6.45, 7) is 4.23. The van der Waals surface area contributed by atoms with E-state index in [4.69, 9.17) is 19.7 Å². The second kappa shape index (κ2) is 6.08. The predicted molar refractivity (Wildman–Crippen MR) is 100 cm³/mol. The van der Waals surface area contributed by atoms with E-state index in [-0.39, 0.29) is 12.7 Å². The number of fused-ring (bicyclic) bond motifs is 1. The molecule has 0 unspecified atom stereocenters. The molecule has 4 aromatic rings. The maximum atomic E-state index is 6.26. The van der Waals surface area contributed by atoms with Gasteiger partial charge in [-0.15, -0.1) is 5.10 Å². The SMILES string of the molecule is Cc1cc(C)cc(-n2nnc(-c3nc(-c4ccc5c(c4)OCO5)no3)c2N)c1. The molecule has 0 saturated heterocycles. The number of ether oxygens (including phenoxy) is 2. The van der Waals surface area contributed by atoms with Crippen LogP contribution >= 0.6 is 0 Å². The number of hydrogen-bond acceptors (Lipinski definition) is 8. The van der Waals surface area contributed by atoms with Crippen LogP contribution in [0.1, 0.15) is 11.1 Å². The summed E-state index contributed by atoms with van der Waals surface area (Å²) in [6, 6.07) is 11.5. The Morgan fingerprint density at radius 1 is 1.00 bits per heavy atom. The topological polar surface area (TPSA) is 114 Å². The van der Waals surface area contributed by atoms with E-state index in [0.29, 0.717) is 28.8 Å². The standard InChI is InChI=1S/C19H16N6O3/c1-10-5-11(2)7-13(6-10)25-17(20)16(22-24-25)19-21-18(23-28-19)12-3-4-14-15(8-12)27-9-26-14/h3-8H,9,20H2,1-2H3. The van der Waals surface area contributed by atoms with Crippen molar-refractivity contribution in [3.05, 3.63) is 47.5 Å². The molecule has 0 bridgehead atoms. The van der Waals surface area contributed by atoms with E-state index in [1.807, 2.05) is 32.0 Å². The molecule has 0 radical (unpaired) electrons. The Morgan fingerprint density at radius 2 is 1.79 bits per heavy atom. The number of hydrogen-bond donors (Lipinski definition) is 1. The second-order valence-corrected chi connectivity index (χ2v) is 6.57. The summed E-state index contributed by atoms with van der Waals surface area (Å²) in [5.41, 5.74) is 10.4. The van der Waals surface area contributed by atoms with Gasteiger partial charge in [-0.3, -0.25) is 0 Å². The van der Waals surface area contributed by atoms with Crippen molar-refractivity contribution < 1.29 is 14.0 Å². The first kappa shape index (κ1) is 16.3. The van der Waals surface area contributed by atoms with Crippen LogP contribution in [0.5, 0.6) is 11.5 Å². The highest BCUT2D eigenvalue weighted by atomic mass is 16.7. The molecule has 2 aromatic carbocycles. The third kappa shape index (κ3) is 2.64. The molecule has 28 heavy (non-hydrogen) atoms. The Morgan fingerprint density at radius 3 is 2.61 bits per heavy atom. The van der Waals surface area contributed by atoms with Gasteiger partial charge < -0.3 is 19.7 Å². The normalized spacial score (nSPS) is 12.5. The fraction of sp³-hybridized carbons (Fsp3) is 0.158. The van der Waals surface area contributed by atoms with Crippen LogP contribution in [0.4, 0.5) is 5.82 Å². The molecule has 140 valence electrons. The van der Waals surface area contributed by atoms with Crippen LogP contribution in [0.2, 0.25) is 0 Å². The lowest BCUT2D eigenvalue weighted by atomic mass is 10.1. The van der Waals surface area contributed by atoms with Gasteiger partial charge in [-0.2, -0.15) is 9.67 Å². The molecule has 2 N–H and O–H groups in total. The van der Waals surface area contributed by atoms with Crippen molar-refractivity contribution in [2.75, 3.05) is 12.5 Å². The molecule has 2 aromatic heterocycles. The minimum atomic E-state index is 0.195. The molecule has 1 aliphatic heterocycles. The van der Waals surface area contributed by atoms with Gasteiger partial charge in [-0.05, 0) is 55.3 Å². The summed E-state index contributed by atoms with van der Waals surface area (Å²) in [5, 5.41) is 12.3. The Hall–Kier alpha value is -3.88. The van der Waals surface area contributed by atoms with Gasteiger partial charge in [0.2, 0.25) is 12.6 Å². The van der Waals surface area contributed by atoms with Gasteiger partial charge in [0.05, 0.1) is 5.69 Å². The van der Waals surface area contributed by atoms with E-state index >= 15 is 0 Å². The van der Waals surface area contributed by atoms with Gasteiger partial charge in [-0.1, -0.05) is 16.4 Å². The van der Waals surface area contributed by atoms with Gasteiger partial charge in [0.15, 0.2) is 23.0 Å². The number of nitrogens with two attached hydrogens (primary N) is 1. The third-order valence-electron chi connectivity index (χ3n) is 4.42. The van der Waals surface area contributed by atoms with Crippen molar-refractivity contribution in [3.8, 4) is 40.2 Å². The van der Waals surface area contributed by atoms with Crippen molar-refractivity contribution in [1.82, 2.24) is 25.1 Å². The van der Waals surface area contributed by atoms with Crippen molar-refractivity contribution in [2.24, 2.45) is 0 Å². The molecule has 0 aliphatic carbocycles. The summed E-state index contributed by atoms with van der Waals surface area (Å²) in [6.07, 6.45) is 0. The van der Waals surface area contributed by atoms with Crippen LogP contribution in [0.3, 0.4) is 0 Å². The fourth-order valence-corrected chi connectivity index (χ4v) is 3.18. The van der Waals surface area contributed by atoms with E-state index in [1.165, 1.54) is 0 Å². The van der Waals surface area contributed by atoms with Crippen LogP contribution in [0.15, 0.2) is 40.9 Å². The molecule has 0 atom stereocenters. The number of nitrogens with zero attached hydrogens (tertiary/aromatic N) is 5. The van der Waals surface area contributed by atoms with Gasteiger partial charge in [0, 0.05) is 5.56 Å². The maximum Gasteiger partial charge on any atom is 0.282 e. The van der Waals surface area contributed by atoms with E-state index in [9.17, 15) is 0 Å². The molecule has 0 saturated carbocycles. The lowest BCUT2D eigenvalue weighted by molar-refractivity contribution is 0.174. The number of anilines is 1. The number of benzene rings is 2. The summed E-state index contributed by atoms with van der Waals surface area (Å²) >= 11 is 0. The molecule has 9 nitrogen and oxygen atoms in total. The Balaban J connectivity index is 1.50. The van der Waals surface area contributed by atoms with Gasteiger partial charge in [0.25, 0.3) is 5.89 Å². The first-order valence-electron chi connectivity index (χ1n) is 8.62. The van der Waals surface area contributed by atoms with Crippen molar-refractivity contribution in [1.29, 1.82) is 0 Å². The molecule has 0 spiro atoms. The first-order chi connectivity index (χ1) is 13.6. The Kier molecular flexibility index (Phi) is 3.54. The summed E-state index contributed by atoms with van der Waals surface area (Å²) in [5.74, 6) is 2.25. The van der Waals surface area contributed by atoms with E-state index < -0.39 is 0 Å². The van der Waals surface area contributed by atoms with Crippen LogP contribution in [-0.4, -0.2) is 31.9 Å². The Labute approximate surface area is 159 Å². The number of nitrogen functional groups attached to an aromatic ring is 1. The minimum absolute atomic E-state index is 0.195. The van der Waals surface area contributed by atoms with Crippen LogP contribution in [0, 0.1) is 13.8 Å². The zero-order valence-corrected chi connectivity index (χ0v) is 15.2. The molecule has 0 fully saturated rings. The molecular formula is C19H16N6O3. The lowest BCUT2D eigenvalue weighted by Crippen LogP contribution is -2.03. The second-order valence-electron chi connectivity index (χ2n) is 6.57. The highest BCUT2D eigenvalue weighted by molar-refractivity contribution is 5.67. The van der Waals surface area contributed by atoms with Crippen LogP contribution in [0.25, 0.3) is 28.7 Å². The summed E-state index contributed by atoms with van der Waals surface area (Å²) in [7, 11) is 0. The Bertz CT molecular complexity index is 1180. The number of rotatable bonds is 3. The quantitative estimate of drug-likeness (QED) is 0.580. The number of aromatic nitrogens is 5. The van der Waals surface area contributed by atoms with Crippen LogP contribution < -0.4 is 15.2 Å². The van der Waals surface area contributed by atoms with Crippen molar-refractivity contribution in [3.63, 3.8) is 0 Å². The zero-order valence-electron chi connectivity index (χ0n) is 15.2. The molecule has 1 aliphatic rings. The molecule has 3 heterocycles. The van der Waals surface area contributed by atoms with Gasteiger partial charge in [0.1, 0.15) is 0 Å². The summed E-state index contributed by atoms with van der Waals surface area (Å²) in [4.78, 5) is 4.41. The molecule has 5 rings (SSSR count). The van der Waals surface area contributed by atoms with Gasteiger partial charge >= 0.3 is 0 Å². The average Bonchev–Trinajstić information content (AvgIpc) is 3.39. The van der Waals surface area contributed by atoms with E-state index in [2.05, 4.69) is 26.5 Å². The number of aryl methyl sites for hydroxylation is 2. The average molecular weight is 376 g/mol. The molecule has 0 amide bonds. The summed E-state index contributed by atoms with van der Waals surface area (Å²) < 4.78 is 17.6. The maximum absolute atomic E-state index is 6.26. The third-order valence-corrected chi connectivity index (χ3v) is 4.42. The smallest absolute Gasteiger partial charge is 0.282 e. The van der Waals surface area contributed by atoms with E-state index in [1.54, 1.807) is 16.8 Å². The van der Waals surface area contributed by atoms with E-state index in [0.717, 1.165) is 22.4 Å². The monoisotopic (exact) mass is 376 g/mol. The molecule has 9 heteroatoms. The molecular weight excluding hydrogens is 360 g/mol. The highest BCUT2D eigenvalue weighted by Crippen LogP contribution is 2.35. The first-order valence-corrected chi connectivity index (χ1v) is 8.62. The van der Waals surface area contributed by atoms with Crippen molar-refractivity contribution in [2.45, 2.75) is 13.8 Å². The van der Waals surface area contributed by atoms with Crippen molar-refractivity contribution >= 4 is 5.82 Å². The lowest BCUT2D eigenvalue weighted by Gasteiger charge is -2.05. The highest BCUT2D eigenvalue weighted by Gasteiger charge is 2.21. The van der Waals surface area contributed by atoms with Crippen LogP contribution in [-0.2, 0) is 0 Å². The minimum Gasteiger partial charge on any atom is -0.454 e. The van der Waals surface area contributed by atoms with Gasteiger partial charge in [-0.25, -0.2) is 0 Å². The largest absolute Gasteiger partial charge is 0.454 e. The zero-order chi connectivity index (χ0) is 19.3. The fourth-order valence-electron chi connectivity index (χ4n) is 3.18.